The lowest BCUT2D eigenvalue weighted by Crippen LogP contribution is -2.18. The molecule has 0 radical (unpaired) electrons. The van der Waals surface area contributed by atoms with Crippen LogP contribution in [0.15, 0.2) is 67.0 Å². The van der Waals surface area contributed by atoms with Crippen molar-refractivity contribution >= 4 is 11.6 Å². The second kappa shape index (κ2) is 9.22. The van der Waals surface area contributed by atoms with Gasteiger partial charge in [0.2, 0.25) is 5.88 Å². The van der Waals surface area contributed by atoms with E-state index in [0.29, 0.717) is 23.1 Å². The van der Waals surface area contributed by atoms with Crippen molar-refractivity contribution in [3.05, 3.63) is 83.9 Å². The third-order valence-corrected chi connectivity index (χ3v) is 4.52. The molecule has 0 saturated carbocycles. The molecule has 1 amide bonds. The Balaban J connectivity index is 1.42. The Morgan fingerprint density at radius 3 is 2.41 bits per heavy atom. The maximum absolute atomic E-state index is 12.4. The van der Waals surface area contributed by atoms with Gasteiger partial charge in [-0.3, -0.25) is 4.79 Å². The van der Waals surface area contributed by atoms with Gasteiger partial charge in [0.25, 0.3) is 5.91 Å². The summed E-state index contributed by atoms with van der Waals surface area (Å²) >= 11 is 0. The first kappa shape index (κ1) is 22.8. The van der Waals surface area contributed by atoms with Gasteiger partial charge in [-0.25, -0.2) is 14.6 Å². The summed E-state index contributed by atoms with van der Waals surface area (Å²) in [7, 11) is 0. The Morgan fingerprint density at radius 1 is 0.971 bits per heavy atom. The summed E-state index contributed by atoms with van der Waals surface area (Å²) in [6.45, 7) is 3.80. The highest BCUT2D eigenvalue weighted by atomic mass is 19.4. The van der Waals surface area contributed by atoms with Gasteiger partial charge in [-0.05, 0) is 62.4 Å². The fourth-order valence-corrected chi connectivity index (χ4v) is 3.13. The number of halogens is 3. The predicted molar refractivity (Wildman–Crippen MR) is 116 cm³/mol. The molecular weight excluding hydrogens is 451 g/mol. The number of benzene rings is 2. The minimum atomic E-state index is -4.84. The summed E-state index contributed by atoms with van der Waals surface area (Å²) in [5, 5.41) is 6.99. The smallest absolute Gasteiger partial charge is 0.439 e. The summed E-state index contributed by atoms with van der Waals surface area (Å²) in [6, 6.07) is 14.8. The number of rotatable bonds is 6. The third kappa shape index (κ3) is 5.68. The molecule has 0 aliphatic rings. The quantitative estimate of drug-likeness (QED) is 0.416. The van der Waals surface area contributed by atoms with Gasteiger partial charge in [0.05, 0.1) is 5.69 Å². The standard InChI is InChI=1S/C23H18F3N5O3/c1-14-10-15(2)31(30-14)20-12-21(28-13-27-20)33-18-8-6-17(7-9-18)29-22(32)16-4-3-5-19(11-16)34-23(24,25)26/h3-13H,1-2H3,(H,29,32). The van der Waals surface area contributed by atoms with Gasteiger partial charge in [0, 0.05) is 23.0 Å². The van der Waals surface area contributed by atoms with E-state index in [1.807, 2.05) is 19.9 Å². The molecule has 4 rings (SSSR count). The van der Waals surface area contributed by atoms with Crippen LogP contribution in [0.25, 0.3) is 5.82 Å². The second-order valence-corrected chi connectivity index (χ2v) is 7.21. The van der Waals surface area contributed by atoms with Crippen molar-refractivity contribution in [1.82, 2.24) is 19.7 Å². The number of carbonyl (C=O) groups excluding carboxylic acids is 1. The van der Waals surface area contributed by atoms with Crippen LogP contribution in [0.1, 0.15) is 21.7 Å². The van der Waals surface area contributed by atoms with Crippen molar-refractivity contribution in [2.24, 2.45) is 0 Å². The minimum Gasteiger partial charge on any atom is -0.439 e. The number of anilines is 1. The number of hydrogen-bond acceptors (Lipinski definition) is 6. The molecule has 0 aliphatic heterocycles. The van der Waals surface area contributed by atoms with E-state index >= 15 is 0 Å². The van der Waals surface area contributed by atoms with Crippen LogP contribution in [0.2, 0.25) is 0 Å². The van der Waals surface area contributed by atoms with E-state index in [2.05, 4.69) is 25.1 Å². The molecule has 0 aliphatic carbocycles. The van der Waals surface area contributed by atoms with E-state index in [-0.39, 0.29) is 5.56 Å². The first-order chi connectivity index (χ1) is 16.2. The van der Waals surface area contributed by atoms with Crippen LogP contribution in [0.3, 0.4) is 0 Å². The maximum atomic E-state index is 12.4. The number of aryl methyl sites for hydroxylation is 2. The van der Waals surface area contributed by atoms with Gasteiger partial charge in [0.1, 0.15) is 17.8 Å². The molecule has 11 heteroatoms. The molecule has 8 nitrogen and oxygen atoms in total. The van der Waals surface area contributed by atoms with Crippen molar-refractivity contribution in [3.63, 3.8) is 0 Å². The zero-order chi connectivity index (χ0) is 24.3. The predicted octanol–water partition coefficient (Wildman–Crippen LogP) is 5.22. The number of nitrogens with zero attached hydrogens (tertiary/aromatic N) is 4. The van der Waals surface area contributed by atoms with E-state index in [0.717, 1.165) is 23.5 Å². The van der Waals surface area contributed by atoms with E-state index in [1.54, 1.807) is 35.0 Å². The molecule has 4 aromatic rings. The summed E-state index contributed by atoms with van der Waals surface area (Å²) in [5.41, 5.74) is 2.21. The second-order valence-electron chi connectivity index (χ2n) is 7.21. The minimum absolute atomic E-state index is 0.0137. The topological polar surface area (TPSA) is 91.2 Å². The molecule has 0 bridgehead atoms. The summed E-state index contributed by atoms with van der Waals surface area (Å²) in [4.78, 5) is 20.7. The van der Waals surface area contributed by atoms with Gasteiger partial charge >= 0.3 is 6.36 Å². The molecule has 1 N–H and O–H groups in total. The summed E-state index contributed by atoms with van der Waals surface area (Å²) in [5.74, 6) is 0.240. The molecule has 0 saturated heterocycles. The number of carbonyl (C=O) groups is 1. The number of ether oxygens (including phenoxy) is 2. The van der Waals surface area contributed by atoms with Crippen LogP contribution in [-0.4, -0.2) is 32.0 Å². The fraction of sp³-hybridized carbons (Fsp3) is 0.130. The lowest BCUT2D eigenvalue weighted by molar-refractivity contribution is -0.274. The normalized spacial score (nSPS) is 11.2. The van der Waals surface area contributed by atoms with Gasteiger partial charge in [-0.15, -0.1) is 13.2 Å². The lowest BCUT2D eigenvalue weighted by atomic mass is 10.2. The molecule has 0 fully saturated rings. The summed E-state index contributed by atoms with van der Waals surface area (Å²) in [6.07, 6.45) is -3.47. The van der Waals surface area contributed by atoms with Gasteiger partial charge in [-0.2, -0.15) is 5.10 Å². The van der Waals surface area contributed by atoms with Crippen molar-refractivity contribution in [2.45, 2.75) is 20.2 Å². The van der Waals surface area contributed by atoms with E-state index in [1.165, 1.54) is 18.5 Å². The number of hydrogen-bond donors (Lipinski definition) is 1. The maximum Gasteiger partial charge on any atom is 0.573 e. The Labute approximate surface area is 192 Å². The molecule has 174 valence electrons. The Kier molecular flexibility index (Phi) is 6.17. The Bertz CT molecular complexity index is 1320. The molecule has 2 heterocycles. The van der Waals surface area contributed by atoms with Gasteiger partial charge in [0.15, 0.2) is 5.82 Å². The average molecular weight is 469 g/mol. The Morgan fingerprint density at radius 2 is 1.74 bits per heavy atom. The van der Waals surface area contributed by atoms with Gasteiger partial charge < -0.3 is 14.8 Å². The fourth-order valence-electron chi connectivity index (χ4n) is 3.13. The molecule has 0 unspecified atom stereocenters. The summed E-state index contributed by atoms with van der Waals surface area (Å²) < 4.78 is 48.5. The highest BCUT2D eigenvalue weighted by molar-refractivity contribution is 6.04. The van der Waals surface area contributed by atoms with Crippen LogP contribution >= 0.6 is 0 Å². The molecule has 0 spiro atoms. The first-order valence-corrected chi connectivity index (χ1v) is 9.97. The molecule has 0 atom stereocenters. The first-order valence-electron chi connectivity index (χ1n) is 9.97. The molecule has 2 aromatic heterocycles. The van der Waals surface area contributed by atoms with E-state index in [4.69, 9.17) is 4.74 Å². The van der Waals surface area contributed by atoms with Crippen LogP contribution in [-0.2, 0) is 0 Å². The zero-order valence-corrected chi connectivity index (χ0v) is 18.0. The van der Waals surface area contributed by atoms with E-state index in [9.17, 15) is 18.0 Å². The molecular formula is C23H18F3N5O3. The third-order valence-electron chi connectivity index (χ3n) is 4.52. The Hall–Kier alpha value is -4.41. The highest BCUT2D eigenvalue weighted by Gasteiger charge is 2.31. The van der Waals surface area contributed by atoms with Crippen LogP contribution < -0.4 is 14.8 Å². The van der Waals surface area contributed by atoms with Crippen molar-refractivity contribution in [1.29, 1.82) is 0 Å². The number of aromatic nitrogens is 4. The highest BCUT2D eigenvalue weighted by Crippen LogP contribution is 2.25. The average Bonchev–Trinajstić information content (AvgIpc) is 3.12. The van der Waals surface area contributed by atoms with Crippen LogP contribution in [0, 0.1) is 13.8 Å². The van der Waals surface area contributed by atoms with Crippen LogP contribution in [0.4, 0.5) is 18.9 Å². The number of nitrogens with one attached hydrogen (secondary N) is 1. The van der Waals surface area contributed by atoms with Crippen molar-refractivity contribution in [2.75, 3.05) is 5.32 Å². The largest absolute Gasteiger partial charge is 0.573 e. The van der Waals surface area contributed by atoms with Crippen molar-refractivity contribution in [3.8, 4) is 23.2 Å². The number of amides is 1. The molecule has 2 aromatic carbocycles. The van der Waals surface area contributed by atoms with E-state index < -0.39 is 18.0 Å². The number of alkyl halides is 3. The lowest BCUT2D eigenvalue weighted by Gasteiger charge is -2.11. The van der Waals surface area contributed by atoms with Crippen LogP contribution in [0.5, 0.6) is 17.4 Å². The monoisotopic (exact) mass is 469 g/mol. The van der Waals surface area contributed by atoms with Gasteiger partial charge in [-0.1, -0.05) is 6.07 Å². The van der Waals surface area contributed by atoms with Crippen molar-refractivity contribution < 1.29 is 27.4 Å². The molecule has 34 heavy (non-hydrogen) atoms. The zero-order valence-electron chi connectivity index (χ0n) is 18.0. The SMILES string of the molecule is Cc1cc(C)n(-c2cc(Oc3ccc(NC(=O)c4cccc(OC(F)(F)F)c4)cc3)ncn2)n1.